The minimum absolute atomic E-state index is 0.00862. The summed E-state index contributed by atoms with van der Waals surface area (Å²) >= 11 is 6.02. The van der Waals surface area contributed by atoms with E-state index in [1.165, 1.54) is 40.7 Å². The number of hydrogen-bond acceptors (Lipinski definition) is 5. The Morgan fingerprint density at radius 2 is 1.76 bits per heavy atom. The van der Waals surface area contributed by atoms with Crippen molar-refractivity contribution >= 4 is 39.2 Å². The van der Waals surface area contributed by atoms with E-state index in [-0.39, 0.29) is 15.5 Å². The number of esters is 1. The lowest BCUT2D eigenvalue weighted by molar-refractivity contribution is -0.119. The van der Waals surface area contributed by atoms with E-state index in [9.17, 15) is 22.4 Å². The number of halogens is 2. The van der Waals surface area contributed by atoms with Crippen LogP contribution in [-0.4, -0.2) is 44.3 Å². The predicted octanol–water partition coefficient (Wildman–Crippen LogP) is 3.06. The summed E-state index contributed by atoms with van der Waals surface area (Å²) < 4.78 is 44.5. The van der Waals surface area contributed by atoms with Crippen LogP contribution in [0.3, 0.4) is 0 Å². The highest BCUT2D eigenvalue weighted by Gasteiger charge is 2.28. The Bertz CT molecular complexity index is 1020. The number of amides is 1. The van der Waals surface area contributed by atoms with E-state index in [2.05, 4.69) is 5.32 Å². The van der Waals surface area contributed by atoms with Crippen molar-refractivity contribution in [2.45, 2.75) is 17.7 Å². The molecule has 1 heterocycles. The lowest BCUT2D eigenvalue weighted by Crippen LogP contribution is -2.28. The highest BCUT2D eigenvalue weighted by atomic mass is 35.5. The SMILES string of the molecule is O=C(COC(=O)c1cc(S(=O)(=O)N2CCCC2)ccc1Cl)Nc1ccc(F)cc1. The van der Waals surface area contributed by atoms with Gasteiger partial charge in [0.05, 0.1) is 15.5 Å². The second kappa shape index (κ2) is 8.89. The molecule has 0 unspecified atom stereocenters. The molecule has 3 rings (SSSR count). The maximum Gasteiger partial charge on any atom is 0.340 e. The van der Waals surface area contributed by atoms with Crippen LogP contribution in [0.5, 0.6) is 0 Å². The van der Waals surface area contributed by atoms with E-state index in [0.29, 0.717) is 18.8 Å². The second-order valence-electron chi connectivity index (χ2n) is 6.38. The van der Waals surface area contributed by atoms with Gasteiger partial charge in [0, 0.05) is 18.8 Å². The Labute approximate surface area is 172 Å². The minimum atomic E-state index is -3.73. The molecule has 1 saturated heterocycles. The van der Waals surface area contributed by atoms with Crippen LogP contribution in [-0.2, 0) is 19.6 Å². The summed E-state index contributed by atoms with van der Waals surface area (Å²) in [5.74, 6) is -2.02. The van der Waals surface area contributed by atoms with Gasteiger partial charge in [-0.15, -0.1) is 0 Å². The van der Waals surface area contributed by atoms with Crippen molar-refractivity contribution in [3.8, 4) is 0 Å². The van der Waals surface area contributed by atoms with Gasteiger partial charge in [0.25, 0.3) is 5.91 Å². The third kappa shape index (κ3) is 5.11. The van der Waals surface area contributed by atoms with E-state index in [1.807, 2.05) is 0 Å². The second-order valence-corrected chi connectivity index (χ2v) is 8.73. The molecule has 2 aromatic rings. The van der Waals surface area contributed by atoms with Gasteiger partial charge in [-0.25, -0.2) is 17.6 Å². The molecule has 1 N–H and O–H groups in total. The maximum absolute atomic E-state index is 12.9. The Kier molecular flexibility index (Phi) is 6.51. The molecule has 29 heavy (non-hydrogen) atoms. The van der Waals surface area contributed by atoms with E-state index < -0.39 is 34.3 Å². The molecule has 1 aliphatic rings. The summed E-state index contributed by atoms with van der Waals surface area (Å²) in [6.07, 6.45) is 1.57. The van der Waals surface area contributed by atoms with Gasteiger partial charge >= 0.3 is 5.97 Å². The van der Waals surface area contributed by atoms with Crippen LogP contribution in [0, 0.1) is 5.82 Å². The largest absolute Gasteiger partial charge is 0.452 e. The molecule has 7 nitrogen and oxygen atoms in total. The van der Waals surface area contributed by atoms with Crippen LogP contribution in [0.25, 0.3) is 0 Å². The topological polar surface area (TPSA) is 92.8 Å². The molecule has 0 bridgehead atoms. The van der Waals surface area contributed by atoms with E-state index in [4.69, 9.17) is 16.3 Å². The van der Waals surface area contributed by atoms with Crippen LogP contribution in [0.2, 0.25) is 5.02 Å². The Hall–Kier alpha value is -2.49. The summed E-state index contributed by atoms with van der Waals surface area (Å²) in [6.45, 7) is 0.234. The molecular formula is C19H18ClFN2O5S. The molecule has 0 atom stereocenters. The van der Waals surface area contributed by atoms with Crippen molar-refractivity contribution in [1.29, 1.82) is 0 Å². The molecule has 2 aromatic carbocycles. The molecule has 0 saturated carbocycles. The van der Waals surface area contributed by atoms with Gasteiger partial charge in [-0.1, -0.05) is 11.6 Å². The fraction of sp³-hybridized carbons (Fsp3) is 0.263. The third-order valence-electron chi connectivity index (χ3n) is 4.32. The standard InChI is InChI=1S/C19H18ClFN2O5S/c20-17-8-7-15(29(26,27)23-9-1-2-10-23)11-16(17)19(25)28-12-18(24)22-14-5-3-13(21)4-6-14/h3-8,11H,1-2,9-10,12H2,(H,22,24). The molecule has 1 amide bonds. The van der Waals surface area contributed by atoms with Gasteiger partial charge in [0.1, 0.15) is 5.82 Å². The average Bonchev–Trinajstić information content (AvgIpc) is 3.24. The maximum atomic E-state index is 12.9. The normalized spacial score (nSPS) is 14.6. The van der Waals surface area contributed by atoms with Crippen LogP contribution in [0.1, 0.15) is 23.2 Å². The van der Waals surface area contributed by atoms with E-state index in [1.54, 1.807) is 0 Å². The molecule has 0 aliphatic carbocycles. The molecule has 1 aliphatic heterocycles. The highest BCUT2D eigenvalue weighted by molar-refractivity contribution is 7.89. The number of anilines is 1. The number of carbonyl (C=O) groups is 2. The molecular weight excluding hydrogens is 423 g/mol. The van der Waals surface area contributed by atoms with Gasteiger partial charge in [-0.05, 0) is 55.3 Å². The van der Waals surface area contributed by atoms with Crippen LogP contribution in [0.4, 0.5) is 10.1 Å². The first-order valence-corrected chi connectivity index (χ1v) is 10.6. The van der Waals surface area contributed by atoms with Crippen molar-refractivity contribution in [3.63, 3.8) is 0 Å². The third-order valence-corrected chi connectivity index (χ3v) is 6.55. The van der Waals surface area contributed by atoms with Crippen molar-refractivity contribution in [1.82, 2.24) is 4.31 Å². The number of rotatable bonds is 6. The molecule has 154 valence electrons. The van der Waals surface area contributed by atoms with Gasteiger partial charge in [0.2, 0.25) is 10.0 Å². The lowest BCUT2D eigenvalue weighted by atomic mass is 10.2. The van der Waals surface area contributed by atoms with Gasteiger partial charge in [0.15, 0.2) is 6.61 Å². The number of carbonyl (C=O) groups excluding carboxylic acids is 2. The fourth-order valence-corrected chi connectivity index (χ4v) is 4.58. The monoisotopic (exact) mass is 440 g/mol. The summed E-state index contributed by atoms with van der Waals surface area (Å²) in [7, 11) is -3.73. The number of benzene rings is 2. The smallest absolute Gasteiger partial charge is 0.340 e. The first-order valence-electron chi connectivity index (χ1n) is 8.79. The number of nitrogens with zero attached hydrogens (tertiary/aromatic N) is 1. The van der Waals surface area contributed by atoms with Crippen molar-refractivity contribution < 1.29 is 27.1 Å². The number of sulfonamides is 1. The van der Waals surface area contributed by atoms with Gasteiger partial charge in [-0.3, -0.25) is 4.79 Å². The van der Waals surface area contributed by atoms with Gasteiger partial charge < -0.3 is 10.1 Å². The van der Waals surface area contributed by atoms with Crippen molar-refractivity contribution in [2.75, 3.05) is 25.0 Å². The summed E-state index contributed by atoms with van der Waals surface area (Å²) in [5.41, 5.74) is 0.186. The molecule has 10 heteroatoms. The van der Waals surface area contributed by atoms with Crippen molar-refractivity contribution in [2.24, 2.45) is 0 Å². The van der Waals surface area contributed by atoms with Crippen LogP contribution in [0.15, 0.2) is 47.4 Å². The van der Waals surface area contributed by atoms with Gasteiger partial charge in [-0.2, -0.15) is 4.31 Å². The first-order chi connectivity index (χ1) is 13.8. The zero-order valence-corrected chi connectivity index (χ0v) is 16.8. The molecule has 0 spiro atoms. The van der Waals surface area contributed by atoms with Crippen LogP contribution >= 0.6 is 11.6 Å². The van der Waals surface area contributed by atoms with E-state index in [0.717, 1.165) is 18.9 Å². The Morgan fingerprint density at radius 1 is 1.10 bits per heavy atom. The van der Waals surface area contributed by atoms with Crippen molar-refractivity contribution in [3.05, 3.63) is 58.9 Å². The quantitative estimate of drug-likeness (QED) is 0.697. The Morgan fingerprint density at radius 3 is 2.41 bits per heavy atom. The Balaban J connectivity index is 1.67. The number of ether oxygens (including phenoxy) is 1. The highest BCUT2D eigenvalue weighted by Crippen LogP contribution is 2.25. The summed E-state index contributed by atoms with van der Waals surface area (Å²) in [6, 6.07) is 8.85. The summed E-state index contributed by atoms with van der Waals surface area (Å²) in [4.78, 5) is 24.2. The van der Waals surface area contributed by atoms with Crippen LogP contribution < -0.4 is 5.32 Å². The number of nitrogens with one attached hydrogen (secondary N) is 1. The average molecular weight is 441 g/mol. The molecule has 0 aromatic heterocycles. The molecule has 0 radical (unpaired) electrons. The minimum Gasteiger partial charge on any atom is -0.452 e. The lowest BCUT2D eigenvalue weighted by Gasteiger charge is -2.16. The molecule has 1 fully saturated rings. The number of hydrogen-bond donors (Lipinski definition) is 1. The van der Waals surface area contributed by atoms with E-state index >= 15 is 0 Å². The zero-order chi connectivity index (χ0) is 21.0. The predicted molar refractivity (Wildman–Crippen MR) is 105 cm³/mol. The zero-order valence-electron chi connectivity index (χ0n) is 15.2. The first kappa shape index (κ1) is 21.2. The summed E-state index contributed by atoms with van der Waals surface area (Å²) in [5, 5.41) is 2.45. The fourth-order valence-electron chi connectivity index (χ4n) is 2.84.